The highest BCUT2D eigenvalue weighted by atomic mass is 79.9. The highest BCUT2D eigenvalue weighted by Crippen LogP contribution is 2.29. The molecule has 1 aromatic rings. The number of carbonyl (C=O) groups is 2. The number of rotatable bonds is 3. The average Bonchev–Trinajstić information content (AvgIpc) is 2.63. The van der Waals surface area contributed by atoms with Crippen molar-refractivity contribution in [3.05, 3.63) is 15.9 Å². The zero-order valence-electron chi connectivity index (χ0n) is 8.32. The summed E-state index contributed by atoms with van der Waals surface area (Å²) in [5.74, 6) is -0.807. The predicted molar refractivity (Wildman–Crippen MR) is 62.1 cm³/mol. The molecule has 0 spiro atoms. The minimum Gasteiger partial charge on any atom is -0.469 e. The first-order valence-electron chi connectivity index (χ1n) is 4.13. The van der Waals surface area contributed by atoms with Crippen molar-refractivity contribution in [2.24, 2.45) is 0 Å². The van der Waals surface area contributed by atoms with Gasteiger partial charge in [0.15, 0.2) is 0 Å². The van der Waals surface area contributed by atoms with Crippen LogP contribution in [0.5, 0.6) is 0 Å². The molecule has 15 heavy (non-hydrogen) atoms. The van der Waals surface area contributed by atoms with E-state index in [1.165, 1.54) is 23.3 Å². The van der Waals surface area contributed by atoms with E-state index in [0.717, 1.165) is 8.79 Å². The summed E-state index contributed by atoms with van der Waals surface area (Å²) in [7, 11) is 2.89. The Labute approximate surface area is 100.0 Å². The van der Waals surface area contributed by atoms with Crippen LogP contribution < -0.4 is 4.90 Å². The van der Waals surface area contributed by atoms with Crippen molar-refractivity contribution < 1.29 is 14.3 Å². The number of nitrogens with zero attached hydrogens (tertiary/aromatic N) is 1. The highest BCUT2D eigenvalue weighted by molar-refractivity contribution is 9.11. The minimum atomic E-state index is -0.525. The lowest BCUT2D eigenvalue weighted by molar-refractivity contribution is -0.143. The number of anilines is 1. The Bertz CT molecular complexity index is 377. The molecule has 0 atom stereocenters. The Hall–Kier alpha value is -0.880. The molecule has 0 aliphatic heterocycles. The van der Waals surface area contributed by atoms with E-state index in [1.54, 1.807) is 7.05 Å². The second-order valence-electron chi connectivity index (χ2n) is 2.78. The molecule has 0 saturated carbocycles. The Balaban J connectivity index is 2.64. The first-order chi connectivity index (χ1) is 7.04. The molecule has 0 aromatic carbocycles. The summed E-state index contributed by atoms with van der Waals surface area (Å²) < 4.78 is 5.36. The number of amides is 1. The molecule has 0 radical (unpaired) electrons. The van der Waals surface area contributed by atoms with Gasteiger partial charge in [-0.25, -0.2) is 0 Å². The summed E-state index contributed by atoms with van der Waals surface area (Å²) in [6.07, 6.45) is -0.234. The van der Waals surface area contributed by atoms with Crippen molar-refractivity contribution in [3.63, 3.8) is 0 Å². The van der Waals surface area contributed by atoms with Crippen molar-refractivity contribution in [2.45, 2.75) is 6.42 Å². The summed E-state index contributed by atoms with van der Waals surface area (Å²) in [6.45, 7) is 0. The summed E-state index contributed by atoms with van der Waals surface area (Å²) in [6, 6.07) is 3.66. The van der Waals surface area contributed by atoms with Gasteiger partial charge in [0.05, 0.1) is 15.9 Å². The van der Waals surface area contributed by atoms with E-state index in [4.69, 9.17) is 0 Å². The van der Waals surface area contributed by atoms with Crippen molar-refractivity contribution >= 4 is 44.1 Å². The third-order valence-electron chi connectivity index (χ3n) is 1.79. The maximum atomic E-state index is 11.5. The van der Waals surface area contributed by atoms with Crippen LogP contribution in [0.4, 0.5) is 5.00 Å². The van der Waals surface area contributed by atoms with Gasteiger partial charge in [-0.3, -0.25) is 9.59 Å². The van der Waals surface area contributed by atoms with Crippen molar-refractivity contribution in [2.75, 3.05) is 19.1 Å². The Morgan fingerprint density at radius 2 is 2.20 bits per heavy atom. The van der Waals surface area contributed by atoms with Crippen molar-refractivity contribution in [1.29, 1.82) is 0 Å². The second kappa shape index (κ2) is 5.27. The third-order valence-corrected chi connectivity index (χ3v) is 3.49. The van der Waals surface area contributed by atoms with Crippen LogP contribution >= 0.6 is 27.3 Å². The lowest BCUT2D eigenvalue weighted by Gasteiger charge is -2.13. The van der Waals surface area contributed by atoms with Crippen LogP contribution in [0.25, 0.3) is 0 Å². The predicted octanol–water partition coefficient (Wildman–Crippen LogP) is 2.04. The van der Waals surface area contributed by atoms with Crippen LogP contribution in [0.3, 0.4) is 0 Å². The number of thiophene rings is 1. The normalized spacial score (nSPS) is 9.80. The van der Waals surface area contributed by atoms with Gasteiger partial charge < -0.3 is 9.64 Å². The monoisotopic (exact) mass is 291 g/mol. The zero-order chi connectivity index (χ0) is 11.4. The molecular weight excluding hydrogens is 282 g/mol. The molecule has 1 aromatic heterocycles. The Morgan fingerprint density at radius 1 is 1.53 bits per heavy atom. The molecule has 0 aliphatic rings. The quantitative estimate of drug-likeness (QED) is 0.632. The number of hydrogen-bond acceptors (Lipinski definition) is 4. The van der Waals surface area contributed by atoms with Crippen LogP contribution in [0.15, 0.2) is 15.9 Å². The smallest absolute Gasteiger partial charge is 0.315 e. The third kappa shape index (κ3) is 3.32. The molecule has 4 nitrogen and oxygen atoms in total. The van der Waals surface area contributed by atoms with Gasteiger partial charge in [0.1, 0.15) is 6.42 Å². The number of methoxy groups -OCH3 is 1. The molecule has 1 rings (SSSR count). The summed E-state index contributed by atoms with van der Waals surface area (Å²) >= 11 is 4.73. The first-order valence-corrected chi connectivity index (χ1v) is 5.74. The maximum absolute atomic E-state index is 11.5. The molecule has 1 heterocycles. The summed E-state index contributed by atoms with van der Waals surface area (Å²) in [5, 5.41) is 0.788. The number of carbonyl (C=O) groups excluding carboxylic acids is 2. The molecule has 0 fully saturated rings. The van der Waals surface area contributed by atoms with Gasteiger partial charge >= 0.3 is 5.97 Å². The Kier molecular flexibility index (Phi) is 4.28. The van der Waals surface area contributed by atoms with E-state index in [2.05, 4.69) is 20.7 Å². The van der Waals surface area contributed by atoms with Crippen LogP contribution in [-0.4, -0.2) is 26.0 Å². The maximum Gasteiger partial charge on any atom is 0.315 e. The molecule has 0 aliphatic carbocycles. The summed E-state index contributed by atoms with van der Waals surface area (Å²) in [4.78, 5) is 23.9. The molecule has 82 valence electrons. The van der Waals surface area contributed by atoms with E-state index >= 15 is 0 Å². The van der Waals surface area contributed by atoms with Gasteiger partial charge in [0.25, 0.3) is 0 Å². The molecule has 0 N–H and O–H groups in total. The fourth-order valence-electron chi connectivity index (χ4n) is 0.922. The highest BCUT2D eigenvalue weighted by Gasteiger charge is 2.16. The number of halogens is 1. The number of ether oxygens (including phenoxy) is 1. The van der Waals surface area contributed by atoms with E-state index in [0.29, 0.717) is 0 Å². The SMILES string of the molecule is COC(=O)CC(=O)N(C)c1ccc(Br)s1. The molecule has 0 saturated heterocycles. The van der Waals surface area contributed by atoms with Crippen LogP contribution in [0.2, 0.25) is 0 Å². The molecule has 6 heteroatoms. The van der Waals surface area contributed by atoms with Crippen molar-refractivity contribution in [1.82, 2.24) is 0 Å². The number of esters is 1. The standard InChI is InChI=1S/C9H10BrNO3S/c1-11(7(12)5-9(13)14-2)8-4-3-6(10)15-8/h3-4H,5H2,1-2H3. The van der Waals surface area contributed by atoms with Gasteiger partial charge in [0.2, 0.25) is 5.91 Å². The summed E-state index contributed by atoms with van der Waals surface area (Å²) in [5.41, 5.74) is 0. The fraction of sp³-hybridized carbons (Fsp3) is 0.333. The fourth-order valence-corrected chi connectivity index (χ4v) is 2.26. The van der Waals surface area contributed by atoms with E-state index in [1.807, 2.05) is 12.1 Å². The van der Waals surface area contributed by atoms with Crippen molar-refractivity contribution in [3.8, 4) is 0 Å². The lowest BCUT2D eigenvalue weighted by Crippen LogP contribution is -2.27. The molecule has 0 bridgehead atoms. The first kappa shape index (κ1) is 12.2. The van der Waals surface area contributed by atoms with E-state index < -0.39 is 5.97 Å². The van der Waals surface area contributed by atoms with Gasteiger partial charge in [-0.2, -0.15) is 0 Å². The number of hydrogen-bond donors (Lipinski definition) is 0. The zero-order valence-corrected chi connectivity index (χ0v) is 10.7. The van der Waals surface area contributed by atoms with Gasteiger partial charge in [-0.15, -0.1) is 11.3 Å². The molecule has 1 amide bonds. The van der Waals surface area contributed by atoms with Crippen LogP contribution in [-0.2, 0) is 14.3 Å². The van der Waals surface area contributed by atoms with Crippen LogP contribution in [0.1, 0.15) is 6.42 Å². The van der Waals surface area contributed by atoms with E-state index in [-0.39, 0.29) is 12.3 Å². The van der Waals surface area contributed by atoms with E-state index in [9.17, 15) is 9.59 Å². The second-order valence-corrected chi connectivity index (χ2v) is 5.22. The molecular formula is C9H10BrNO3S. The minimum absolute atomic E-state index is 0.234. The van der Waals surface area contributed by atoms with Gasteiger partial charge in [-0.05, 0) is 28.1 Å². The topological polar surface area (TPSA) is 46.6 Å². The largest absolute Gasteiger partial charge is 0.469 e. The van der Waals surface area contributed by atoms with Gasteiger partial charge in [0, 0.05) is 7.05 Å². The van der Waals surface area contributed by atoms with Crippen LogP contribution in [0, 0.1) is 0 Å². The Morgan fingerprint density at radius 3 is 2.67 bits per heavy atom. The van der Waals surface area contributed by atoms with Gasteiger partial charge in [-0.1, -0.05) is 0 Å². The lowest BCUT2D eigenvalue weighted by atomic mass is 10.4. The average molecular weight is 292 g/mol. The molecule has 0 unspecified atom stereocenters.